The first-order valence-electron chi connectivity index (χ1n) is 8.97. The van der Waals surface area contributed by atoms with E-state index in [4.69, 9.17) is 24.4 Å². The minimum atomic E-state index is 0.600. The Morgan fingerprint density at radius 1 is 0.571 bits per heavy atom. The number of anilines is 2. The molecule has 0 unspecified atom stereocenters. The molecule has 0 radical (unpaired) electrons. The van der Waals surface area contributed by atoms with Gasteiger partial charge in [0, 0.05) is 24.5 Å². The molecule has 28 heavy (non-hydrogen) atoms. The van der Waals surface area contributed by atoms with Gasteiger partial charge in [0.15, 0.2) is 10.2 Å². The molecular formula is C22H22N4S2. The van der Waals surface area contributed by atoms with Crippen LogP contribution in [0.15, 0.2) is 84.9 Å². The van der Waals surface area contributed by atoms with Gasteiger partial charge in [-0.1, -0.05) is 60.7 Å². The zero-order valence-electron chi connectivity index (χ0n) is 15.3. The van der Waals surface area contributed by atoms with Gasteiger partial charge in [-0.25, -0.2) is 0 Å². The summed E-state index contributed by atoms with van der Waals surface area (Å²) in [7, 11) is 0. The van der Waals surface area contributed by atoms with Crippen molar-refractivity contribution in [2.24, 2.45) is 0 Å². The van der Waals surface area contributed by atoms with Crippen molar-refractivity contribution >= 4 is 46.0 Å². The third kappa shape index (κ3) is 6.64. The van der Waals surface area contributed by atoms with Crippen LogP contribution in [0.3, 0.4) is 0 Å². The zero-order valence-corrected chi connectivity index (χ0v) is 16.9. The summed E-state index contributed by atoms with van der Waals surface area (Å²) in [5, 5.41) is 14.0. The van der Waals surface area contributed by atoms with E-state index in [9.17, 15) is 0 Å². The van der Waals surface area contributed by atoms with E-state index in [1.807, 2.05) is 66.7 Å². The molecule has 0 spiro atoms. The van der Waals surface area contributed by atoms with Gasteiger partial charge in [-0.2, -0.15) is 0 Å². The lowest BCUT2D eigenvalue weighted by Crippen LogP contribution is -2.28. The fourth-order valence-electron chi connectivity index (χ4n) is 2.61. The van der Waals surface area contributed by atoms with Crippen LogP contribution in [0.1, 0.15) is 11.1 Å². The minimum Gasteiger partial charge on any atom is -0.358 e. The van der Waals surface area contributed by atoms with Gasteiger partial charge in [0.1, 0.15) is 0 Å². The summed E-state index contributed by atoms with van der Waals surface area (Å²) in [6.45, 7) is 1.30. The summed E-state index contributed by atoms with van der Waals surface area (Å²) in [5.41, 5.74) is 4.24. The molecule has 3 rings (SSSR count). The second kappa shape index (κ2) is 10.4. The normalized spacial score (nSPS) is 10.0. The molecule has 0 saturated heterocycles. The van der Waals surface area contributed by atoms with Crippen molar-refractivity contribution in [3.63, 3.8) is 0 Å². The van der Waals surface area contributed by atoms with Crippen LogP contribution in [0.25, 0.3) is 0 Å². The van der Waals surface area contributed by atoms with Gasteiger partial charge in [0.05, 0.1) is 0 Å². The molecule has 0 aromatic heterocycles. The SMILES string of the molecule is S=C(NCc1cccc(CNC(=S)Nc2ccccc2)c1)Nc1ccccc1. The average molecular weight is 407 g/mol. The molecular weight excluding hydrogens is 384 g/mol. The zero-order chi connectivity index (χ0) is 19.6. The van der Waals surface area contributed by atoms with Crippen LogP contribution < -0.4 is 21.3 Å². The Morgan fingerprint density at radius 2 is 1.00 bits per heavy atom. The highest BCUT2D eigenvalue weighted by Crippen LogP contribution is 2.08. The first kappa shape index (κ1) is 19.8. The molecule has 4 N–H and O–H groups in total. The summed E-state index contributed by atoms with van der Waals surface area (Å²) in [6, 6.07) is 28.1. The quantitative estimate of drug-likeness (QED) is 0.447. The Morgan fingerprint density at radius 3 is 1.43 bits per heavy atom. The van der Waals surface area contributed by atoms with Crippen LogP contribution >= 0.6 is 24.4 Å². The summed E-state index contributed by atoms with van der Waals surface area (Å²) in [5.74, 6) is 0. The van der Waals surface area contributed by atoms with Crippen LogP contribution in [0.5, 0.6) is 0 Å². The number of hydrogen-bond donors (Lipinski definition) is 4. The van der Waals surface area contributed by atoms with Gasteiger partial charge < -0.3 is 21.3 Å². The van der Waals surface area contributed by atoms with Crippen molar-refractivity contribution in [2.45, 2.75) is 13.1 Å². The number of nitrogens with one attached hydrogen (secondary N) is 4. The monoisotopic (exact) mass is 406 g/mol. The molecule has 0 aliphatic heterocycles. The number of para-hydroxylation sites is 2. The lowest BCUT2D eigenvalue weighted by molar-refractivity contribution is 0.896. The molecule has 0 amide bonds. The van der Waals surface area contributed by atoms with Gasteiger partial charge in [-0.05, 0) is 59.8 Å². The van der Waals surface area contributed by atoms with Crippen molar-refractivity contribution < 1.29 is 0 Å². The lowest BCUT2D eigenvalue weighted by Gasteiger charge is -2.13. The Balaban J connectivity index is 1.45. The summed E-state index contributed by atoms with van der Waals surface area (Å²) in [6.07, 6.45) is 0. The maximum Gasteiger partial charge on any atom is 0.171 e. The Hall–Kier alpha value is -2.96. The number of thiocarbonyl (C=S) groups is 2. The average Bonchev–Trinajstić information content (AvgIpc) is 2.73. The van der Waals surface area contributed by atoms with Crippen molar-refractivity contribution in [3.8, 4) is 0 Å². The van der Waals surface area contributed by atoms with Crippen LogP contribution in [-0.4, -0.2) is 10.2 Å². The van der Waals surface area contributed by atoms with Crippen LogP contribution in [0.4, 0.5) is 11.4 Å². The van der Waals surface area contributed by atoms with Gasteiger partial charge in [-0.3, -0.25) is 0 Å². The molecule has 0 aliphatic rings. The first-order chi connectivity index (χ1) is 13.7. The fourth-order valence-corrected chi connectivity index (χ4v) is 2.99. The maximum atomic E-state index is 5.36. The smallest absolute Gasteiger partial charge is 0.171 e. The van der Waals surface area contributed by atoms with E-state index in [-0.39, 0.29) is 0 Å². The van der Waals surface area contributed by atoms with Gasteiger partial charge in [0.2, 0.25) is 0 Å². The minimum absolute atomic E-state index is 0.600. The van der Waals surface area contributed by atoms with E-state index in [1.165, 1.54) is 0 Å². The lowest BCUT2D eigenvalue weighted by atomic mass is 10.1. The first-order valence-corrected chi connectivity index (χ1v) is 9.78. The topological polar surface area (TPSA) is 48.1 Å². The summed E-state index contributed by atoms with van der Waals surface area (Å²) < 4.78 is 0. The van der Waals surface area contributed by atoms with E-state index in [1.54, 1.807) is 0 Å². The van der Waals surface area contributed by atoms with Crippen LogP contribution in [0, 0.1) is 0 Å². The molecule has 0 atom stereocenters. The highest BCUT2D eigenvalue weighted by molar-refractivity contribution is 7.80. The fraction of sp³-hybridized carbons (Fsp3) is 0.0909. The maximum absolute atomic E-state index is 5.36. The Labute approximate surface area is 176 Å². The summed E-state index contributed by atoms with van der Waals surface area (Å²) in [4.78, 5) is 0. The van der Waals surface area contributed by atoms with Crippen molar-refractivity contribution in [1.29, 1.82) is 0 Å². The highest BCUT2D eigenvalue weighted by atomic mass is 32.1. The van der Waals surface area contributed by atoms with Gasteiger partial charge in [-0.15, -0.1) is 0 Å². The number of benzene rings is 3. The predicted molar refractivity (Wildman–Crippen MR) is 125 cm³/mol. The molecule has 4 nitrogen and oxygen atoms in total. The second-order valence-corrected chi connectivity index (χ2v) is 6.98. The molecule has 0 fully saturated rings. The third-order valence-corrected chi connectivity index (χ3v) is 4.45. The van der Waals surface area contributed by atoms with Crippen molar-refractivity contribution in [1.82, 2.24) is 10.6 Å². The molecule has 0 bridgehead atoms. The van der Waals surface area contributed by atoms with Gasteiger partial charge in [0.25, 0.3) is 0 Å². The Kier molecular flexibility index (Phi) is 7.35. The largest absolute Gasteiger partial charge is 0.358 e. The van der Waals surface area contributed by atoms with Crippen molar-refractivity contribution in [2.75, 3.05) is 10.6 Å². The summed E-state index contributed by atoms with van der Waals surface area (Å²) >= 11 is 10.7. The second-order valence-electron chi connectivity index (χ2n) is 6.17. The standard InChI is InChI=1S/C22H22N4S2/c27-21(25-19-10-3-1-4-11-19)23-15-17-8-7-9-18(14-17)16-24-22(28)26-20-12-5-2-6-13-20/h1-14H,15-16H2,(H2,23,25,27)(H2,24,26,28). The third-order valence-electron chi connectivity index (χ3n) is 3.96. The molecule has 142 valence electrons. The Bertz CT molecular complexity index is 841. The molecule has 0 aliphatic carbocycles. The van der Waals surface area contributed by atoms with E-state index < -0.39 is 0 Å². The predicted octanol–water partition coefficient (Wildman–Crippen LogP) is 4.66. The molecule has 0 saturated carbocycles. The van der Waals surface area contributed by atoms with Crippen LogP contribution in [0.2, 0.25) is 0 Å². The molecule has 3 aromatic carbocycles. The van der Waals surface area contributed by atoms with Gasteiger partial charge >= 0.3 is 0 Å². The molecule has 6 heteroatoms. The highest BCUT2D eigenvalue weighted by Gasteiger charge is 2.01. The van der Waals surface area contributed by atoms with E-state index in [0.717, 1.165) is 22.5 Å². The number of rotatable bonds is 6. The van der Waals surface area contributed by atoms with Crippen LogP contribution in [-0.2, 0) is 13.1 Å². The molecule has 0 heterocycles. The van der Waals surface area contributed by atoms with E-state index in [0.29, 0.717) is 23.3 Å². The van der Waals surface area contributed by atoms with E-state index in [2.05, 4.69) is 39.5 Å². The van der Waals surface area contributed by atoms with Crippen molar-refractivity contribution in [3.05, 3.63) is 96.1 Å². The van der Waals surface area contributed by atoms with E-state index >= 15 is 0 Å². The molecule has 3 aromatic rings. The number of hydrogen-bond acceptors (Lipinski definition) is 2.